The summed E-state index contributed by atoms with van der Waals surface area (Å²) in [6.07, 6.45) is 0. The molecule has 1 unspecified atom stereocenters. The summed E-state index contributed by atoms with van der Waals surface area (Å²) in [5, 5.41) is 6.32. The molecule has 202 valence electrons. The Morgan fingerprint density at radius 3 is 2.15 bits per heavy atom. The van der Waals surface area contributed by atoms with Crippen LogP contribution < -0.4 is 21.1 Å². The molecule has 0 aliphatic rings. The first-order valence-corrected chi connectivity index (χ1v) is 14.2. The second-order valence-electron chi connectivity index (χ2n) is 10.3. The summed E-state index contributed by atoms with van der Waals surface area (Å²) < 4.78 is 28.9. The molecule has 4 aromatic carbocycles. The van der Waals surface area contributed by atoms with Gasteiger partial charge in [-0.05, 0) is 67.8 Å². The molecule has 0 aliphatic heterocycles. The van der Waals surface area contributed by atoms with Crippen LogP contribution in [0.5, 0.6) is 0 Å². The molecule has 39 heavy (non-hydrogen) atoms. The molecule has 8 heteroatoms. The lowest BCUT2D eigenvalue weighted by Crippen LogP contribution is -2.40. The third-order valence-corrected chi connectivity index (χ3v) is 7.77. The van der Waals surface area contributed by atoms with Crippen molar-refractivity contribution in [3.8, 4) is 11.1 Å². The number of nitrogens with two attached hydrogens (primary N) is 1. The van der Waals surface area contributed by atoms with Gasteiger partial charge in [-0.3, -0.25) is 4.79 Å². The highest BCUT2D eigenvalue weighted by Crippen LogP contribution is 2.30. The maximum absolute atomic E-state index is 13.4. The number of carbonyl (C=O) groups excluding carboxylic acids is 1. The van der Waals surface area contributed by atoms with Gasteiger partial charge in [-0.15, -0.1) is 0 Å². The summed E-state index contributed by atoms with van der Waals surface area (Å²) >= 11 is 0. The Hall–Kier alpha value is -3.98. The minimum atomic E-state index is -3.73. The van der Waals surface area contributed by atoms with E-state index in [0.717, 1.165) is 16.7 Å². The molecule has 1 atom stereocenters. The molecule has 4 rings (SSSR count). The number of amides is 1. The van der Waals surface area contributed by atoms with Gasteiger partial charge < -0.3 is 16.4 Å². The standard InChI is InChI=1S/C31H34N4O3S/c1-31(2,3)35-39(37,38)28-15-8-7-14-27(28)23-16-18-25(19-17-23)33-29(24-11-5-4-6-12-24)30(36)34-26-13-9-10-22(20-26)21-32/h4-20,29,33,35H,21,32H2,1-3H3,(H,34,36). The van der Waals surface area contributed by atoms with Crippen molar-refractivity contribution in [2.45, 2.75) is 43.8 Å². The first-order chi connectivity index (χ1) is 18.6. The van der Waals surface area contributed by atoms with Crippen LogP contribution in [-0.2, 0) is 21.4 Å². The lowest BCUT2D eigenvalue weighted by molar-refractivity contribution is -0.117. The summed E-state index contributed by atoms with van der Waals surface area (Å²) in [6, 6.07) is 30.5. The zero-order valence-electron chi connectivity index (χ0n) is 22.3. The minimum Gasteiger partial charge on any atom is -0.370 e. The van der Waals surface area contributed by atoms with Crippen molar-refractivity contribution in [3.63, 3.8) is 0 Å². The van der Waals surface area contributed by atoms with Crippen LogP contribution in [0.25, 0.3) is 11.1 Å². The zero-order chi connectivity index (χ0) is 28.0. The van der Waals surface area contributed by atoms with Gasteiger partial charge in [0, 0.05) is 29.0 Å². The Kier molecular flexibility index (Phi) is 8.50. The second kappa shape index (κ2) is 11.8. The average molecular weight is 543 g/mol. The summed E-state index contributed by atoms with van der Waals surface area (Å²) in [7, 11) is -3.73. The summed E-state index contributed by atoms with van der Waals surface area (Å²) in [4.78, 5) is 13.6. The topological polar surface area (TPSA) is 113 Å². The number of hydrogen-bond donors (Lipinski definition) is 4. The van der Waals surface area contributed by atoms with Gasteiger partial charge in [0.25, 0.3) is 5.91 Å². The van der Waals surface area contributed by atoms with E-state index >= 15 is 0 Å². The molecule has 0 radical (unpaired) electrons. The van der Waals surface area contributed by atoms with E-state index in [2.05, 4.69) is 15.4 Å². The number of anilines is 2. The smallest absolute Gasteiger partial charge is 0.251 e. The first kappa shape index (κ1) is 28.0. The summed E-state index contributed by atoms with van der Waals surface area (Å²) in [5.74, 6) is -0.218. The Morgan fingerprint density at radius 1 is 0.821 bits per heavy atom. The van der Waals surface area contributed by atoms with Crippen LogP contribution >= 0.6 is 0 Å². The Morgan fingerprint density at radius 2 is 1.49 bits per heavy atom. The van der Waals surface area contributed by atoms with Crippen LogP contribution in [0.15, 0.2) is 108 Å². The van der Waals surface area contributed by atoms with Gasteiger partial charge in [0.15, 0.2) is 0 Å². The van der Waals surface area contributed by atoms with Crippen molar-refractivity contribution in [1.82, 2.24) is 4.72 Å². The Bertz CT molecular complexity index is 1530. The van der Waals surface area contributed by atoms with Crippen LogP contribution in [0, 0.1) is 0 Å². The number of carbonyl (C=O) groups is 1. The highest BCUT2D eigenvalue weighted by atomic mass is 32.2. The molecule has 0 saturated heterocycles. The van der Waals surface area contributed by atoms with Crippen molar-refractivity contribution < 1.29 is 13.2 Å². The van der Waals surface area contributed by atoms with E-state index in [1.54, 1.807) is 18.2 Å². The first-order valence-electron chi connectivity index (χ1n) is 12.7. The van der Waals surface area contributed by atoms with Crippen molar-refractivity contribution in [2.75, 3.05) is 10.6 Å². The molecule has 0 aromatic heterocycles. The maximum atomic E-state index is 13.4. The molecular formula is C31H34N4O3S. The molecule has 1 amide bonds. The number of nitrogens with one attached hydrogen (secondary N) is 3. The molecule has 4 aromatic rings. The van der Waals surface area contributed by atoms with E-state index in [1.165, 1.54) is 0 Å². The SMILES string of the molecule is CC(C)(C)NS(=O)(=O)c1ccccc1-c1ccc(NC(C(=O)Nc2cccc(CN)c2)c2ccccc2)cc1. The monoisotopic (exact) mass is 542 g/mol. The van der Waals surface area contributed by atoms with Crippen LogP contribution in [0.3, 0.4) is 0 Å². The van der Waals surface area contributed by atoms with E-state index in [-0.39, 0.29) is 10.8 Å². The van der Waals surface area contributed by atoms with E-state index < -0.39 is 21.6 Å². The largest absolute Gasteiger partial charge is 0.370 e. The molecule has 0 spiro atoms. The van der Waals surface area contributed by atoms with Gasteiger partial charge >= 0.3 is 0 Å². The van der Waals surface area contributed by atoms with Gasteiger partial charge in [-0.25, -0.2) is 13.1 Å². The molecule has 0 fully saturated rings. The van der Waals surface area contributed by atoms with E-state index in [0.29, 0.717) is 23.5 Å². The Balaban J connectivity index is 1.60. The van der Waals surface area contributed by atoms with Crippen molar-refractivity contribution in [1.29, 1.82) is 0 Å². The highest BCUT2D eigenvalue weighted by Gasteiger charge is 2.25. The van der Waals surface area contributed by atoms with E-state index in [1.807, 2.05) is 106 Å². The van der Waals surface area contributed by atoms with Gasteiger partial charge in [0.05, 0.1) is 4.90 Å². The van der Waals surface area contributed by atoms with Gasteiger partial charge in [-0.1, -0.05) is 72.8 Å². The molecular weight excluding hydrogens is 508 g/mol. The predicted octanol–water partition coefficient (Wildman–Crippen LogP) is 5.68. The van der Waals surface area contributed by atoms with Crippen molar-refractivity contribution >= 4 is 27.3 Å². The molecule has 5 N–H and O–H groups in total. The fraction of sp³-hybridized carbons (Fsp3) is 0.194. The van der Waals surface area contributed by atoms with Crippen LogP contribution in [0.2, 0.25) is 0 Å². The van der Waals surface area contributed by atoms with Gasteiger partial charge in [0.1, 0.15) is 6.04 Å². The van der Waals surface area contributed by atoms with Crippen LogP contribution in [0.1, 0.15) is 37.9 Å². The molecule has 0 saturated carbocycles. The molecule has 0 aliphatic carbocycles. The Labute approximate surface area is 230 Å². The lowest BCUT2D eigenvalue weighted by atomic mass is 10.0. The summed E-state index contributed by atoms with van der Waals surface area (Å²) in [5.41, 5.74) is 9.59. The average Bonchev–Trinajstić information content (AvgIpc) is 2.91. The lowest BCUT2D eigenvalue weighted by Gasteiger charge is -2.22. The van der Waals surface area contributed by atoms with Crippen LogP contribution in [-0.4, -0.2) is 19.9 Å². The highest BCUT2D eigenvalue weighted by molar-refractivity contribution is 7.89. The third-order valence-electron chi connectivity index (χ3n) is 5.95. The fourth-order valence-corrected chi connectivity index (χ4v) is 5.90. The van der Waals surface area contributed by atoms with E-state index in [4.69, 9.17) is 5.73 Å². The normalized spacial score (nSPS) is 12.5. The predicted molar refractivity (Wildman–Crippen MR) is 158 cm³/mol. The van der Waals surface area contributed by atoms with Crippen molar-refractivity contribution in [3.05, 3.63) is 114 Å². The molecule has 0 bridgehead atoms. The summed E-state index contributed by atoms with van der Waals surface area (Å²) in [6.45, 7) is 5.80. The number of hydrogen-bond acceptors (Lipinski definition) is 5. The van der Waals surface area contributed by atoms with E-state index in [9.17, 15) is 13.2 Å². The van der Waals surface area contributed by atoms with Gasteiger partial charge in [0.2, 0.25) is 10.0 Å². The number of benzene rings is 4. The fourth-order valence-electron chi connectivity index (χ4n) is 4.25. The number of rotatable bonds is 9. The quantitative estimate of drug-likeness (QED) is 0.217. The maximum Gasteiger partial charge on any atom is 0.251 e. The van der Waals surface area contributed by atoms with Crippen molar-refractivity contribution in [2.24, 2.45) is 5.73 Å². The third kappa shape index (κ3) is 7.32. The van der Waals surface area contributed by atoms with Gasteiger partial charge in [-0.2, -0.15) is 0 Å². The van der Waals surface area contributed by atoms with Crippen LogP contribution in [0.4, 0.5) is 11.4 Å². The molecule has 0 heterocycles. The number of sulfonamides is 1. The second-order valence-corrected chi connectivity index (χ2v) is 12.0. The minimum absolute atomic E-state index is 0.210. The molecule has 7 nitrogen and oxygen atoms in total. The zero-order valence-corrected chi connectivity index (χ0v) is 23.1.